The molecule has 0 aliphatic heterocycles. The SMILES string of the molecule is CC1(C)c2ccccc2-c2ccc(N(c3cc(-c4ccccc4)cc(-c4ccccc4)c3)c3cccc(C4(c5ccccc5)c5ccccc5-c5ccccc54)c3)cc21. The third kappa shape index (κ3) is 5.46. The zero-order valence-corrected chi connectivity index (χ0v) is 33.3. The van der Waals surface area contributed by atoms with Gasteiger partial charge < -0.3 is 4.90 Å². The summed E-state index contributed by atoms with van der Waals surface area (Å²) in [4.78, 5) is 2.49. The largest absolute Gasteiger partial charge is 0.310 e. The van der Waals surface area contributed by atoms with Crippen molar-refractivity contribution in [3.63, 3.8) is 0 Å². The minimum atomic E-state index is -0.515. The van der Waals surface area contributed by atoms with Gasteiger partial charge in [-0.1, -0.05) is 196 Å². The van der Waals surface area contributed by atoms with Crippen LogP contribution in [-0.4, -0.2) is 0 Å². The molecule has 0 bridgehead atoms. The van der Waals surface area contributed by atoms with Crippen LogP contribution >= 0.6 is 0 Å². The van der Waals surface area contributed by atoms with E-state index in [1.165, 1.54) is 77.9 Å². The Morgan fingerprint density at radius 2 is 0.746 bits per heavy atom. The Labute approximate surface area is 347 Å². The molecule has 0 aromatic heterocycles. The van der Waals surface area contributed by atoms with Crippen molar-refractivity contribution in [1.82, 2.24) is 0 Å². The van der Waals surface area contributed by atoms with Crippen molar-refractivity contribution in [2.24, 2.45) is 0 Å². The van der Waals surface area contributed by atoms with E-state index in [1.54, 1.807) is 0 Å². The highest BCUT2D eigenvalue weighted by Gasteiger charge is 2.46. The van der Waals surface area contributed by atoms with E-state index in [9.17, 15) is 0 Å². The van der Waals surface area contributed by atoms with Crippen molar-refractivity contribution >= 4 is 17.1 Å². The number of hydrogen-bond donors (Lipinski definition) is 0. The van der Waals surface area contributed by atoms with Crippen LogP contribution in [0, 0.1) is 0 Å². The second kappa shape index (κ2) is 13.7. The van der Waals surface area contributed by atoms with Crippen molar-refractivity contribution < 1.29 is 0 Å². The smallest absolute Gasteiger partial charge is 0.0714 e. The summed E-state index contributed by atoms with van der Waals surface area (Å²) >= 11 is 0. The van der Waals surface area contributed by atoms with E-state index >= 15 is 0 Å². The monoisotopic (exact) mass is 753 g/mol. The molecule has 0 unspecified atom stereocenters. The first-order valence-corrected chi connectivity index (χ1v) is 20.7. The molecule has 9 aromatic rings. The van der Waals surface area contributed by atoms with E-state index in [0.29, 0.717) is 0 Å². The summed E-state index contributed by atoms with van der Waals surface area (Å²) in [6.45, 7) is 4.74. The topological polar surface area (TPSA) is 3.24 Å². The third-order valence-electron chi connectivity index (χ3n) is 12.9. The van der Waals surface area contributed by atoms with E-state index in [2.05, 4.69) is 243 Å². The van der Waals surface area contributed by atoms with Crippen LogP contribution in [0.4, 0.5) is 17.1 Å². The Balaban J connectivity index is 1.19. The summed E-state index contributed by atoms with van der Waals surface area (Å²) in [5.41, 5.74) is 20.5. The molecular weight excluding hydrogens is 711 g/mol. The minimum absolute atomic E-state index is 0.148. The average molecular weight is 754 g/mol. The van der Waals surface area contributed by atoms with Crippen LogP contribution in [0.25, 0.3) is 44.5 Å². The Morgan fingerprint density at radius 3 is 1.34 bits per heavy atom. The van der Waals surface area contributed by atoms with E-state index in [4.69, 9.17) is 0 Å². The van der Waals surface area contributed by atoms with Crippen LogP contribution in [0.3, 0.4) is 0 Å². The normalized spacial score (nSPS) is 13.9. The fraction of sp³-hybridized carbons (Fsp3) is 0.0690. The van der Waals surface area contributed by atoms with Gasteiger partial charge in [-0.2, -0.15) is 0 Å². The van der Waals surface area contributed by atoms with Gasteiger partial charge in [0.2, 0.25) is 0 Å². The average Bonchev–Trinajstić information content (AvgIpc) is 3.73. The fourth-order valence-electron chi connectivity index (χ4n) is 10.2. The van der Waals surface area contributed by atoms with Gasteiger partial charge in [0.05, 0.1) is 5.41 Å². The highest BCUT2D eigenvalue weighted by Crippen LogP contribution is 2.57. The lowest BCUT2D eigenvalue weighted by molar-refractivity contribution is 0.660. The van der Waals surface area contributed by atoms with Crippen LogP contribution in [0.15, 0.2) is 224 Å². The van der Waals surface area contributed by atoms with Crippen LogP contribution in [-0.2, 0) is 10.8 Å². The molecule has 0 radical (unpaired) electrons. The van der Waals surface area contributed by atoms with Gasteiger partial charge in [-0.3, -0.25) is 0 Å². The first-order valence-electron chi connectivity index (χ1n) is 20.7. The van der Waals surface area contributed by atoms with Gasteiger partial charge in [0, 0.05) is 22.5 Å². The van der Waals surface area contributed by atoms with Crippen molar-refractivity contribution in [2.45, 2.75) is 24.7 Å². The number of rotatable bonds is 7. The molecule has 2 aliphatic carbocycles. The number of benzene rings is 9. The summed E-state index contributed by atoms with van der Waals surface area (Å²) < 4.78 is 0. The second-order valence-electron chi connectivity index (χ2n) is 16.5. The standard InChI is InChI=1S/C58H43N/c1-57(2)53-30-15-12-27-49(53)52-34-33-47(39-56(52)57)59(48-36-42(40-19-6-3-7-20-40)35-43(37-48)41-21-8-4-9-22-41)46-26-18-25-45(38-46)58(44-23-10-5-11-24-44)54-31-16-13-28-50(54)51-29-14-17-32-55(51)58/h3-39H,1-2H3. The molecule has 1 heteroatoms. The van der Waals surface area contributed by atoms with Crippen LogP contribution in [0.5, 0.6) is 0 Å². The number of hydrogen-bond acceptors (Lipinski definition) is 1. The zero-order chi connectivity index (χ0) is 39.6. The van der Waals surface area contributed by atoms with Gasteiger partial charge in [-0.15, -0.1) is 0 Å². The predicted octanol–water partition coefficient (Wildman–Crippen LogP) is 15.2. The Hall–Kier alpha value is -7.22. The van der Waals surface area contributed by atoms with Crippen molar-refractivity contribution in [2.75, 3.05) is 4.90 Å². The Bertz CT molecular complexity index is 2910. The Kier molecular flexibility index (Phi) is 8.13. The highest BCUT2D eigenvalue weighted by atomic mass is 15.1. The van der Waals surface area contributed by atoms with Gasteiger partial charge >= 0.3 is 0 Å². The van der Waals surface area contributed by atoms with E-state index < -0.39 is 5.41 Å². The second-order valence-corrected chi connectivity index (χ2v) is 16.5. The third-order valence-corrected chi connectivity index (χ3v) is 12.9. The number of anilines is 3. The molecule has 1 nitrogen and oxygen atoms in total. The lowest BCUT2D eigenvalue weighted by Crippen LogP contribution is -2.28. The maximum absolute atomic E-state index is 2.49. The van der Waals surface area contributed by atoms with Crippen molar-refractivity contribution in [3.05, 3.63) is 258 Å². The summed E-state index contributed by atoms with van der Waals surface area (Å²) in [7, 11) is 0. The maximum atomic E-state index is 2.49. The molecule has 0 heterocycles. The first-order chi connectivity index (χ1) is 29.0. The molecule has 0 saturated carbocycles. The fourth-order valence-corrected chi connectivity index (χ4v) is 10.2. The van der Waals surface area contributed by atoms with Crippen LogP contribution in [0.2, 0.25) is 0 Å². The van der Waals surface area contributed by atoms with Gasteiger partial charge in [0.15, 0.2) is 0 Å². The molecule has 11 rings (SSSR count). The highest BCUT2D eigenvalue weighted by molar-refractivity contribution is 5.90. The molecule has 0 N–H and O–H groups in total. The maximum Gasteiger partial charge on any atom is 0.0714 e. The van der Waals surface area contributed by atoms with Gasteiger partial charge in [-0.05, 0) is 120 Å². The van der Waals surface area contributed by atoms with Gasteiger partial charge in [0.25, 0.3) is 0 Å². The van der Waals surface area contributed by atoms with Crippen molar-refractivity contribution in [1.29, 1.82) is 0 Å². The summed E-state index contributed by atoms with van der Waals surface area (Å²) in [5.74, 6) is 0. The summed E-state index contributed by atoms with van der Waals surface area (Å²) in [6.07, 6.45) is 0. The molecule has 0 amide bonds. The number of fused-ring (bicyclic) bond motifs is 6. The van der Waals surface area contributed by atoms with Crippen molar-refractivity contribution in [3.8, 4) is 44.5 Å². The summed E-state index contributed by atoms with van der Waals surface area (Å²) in [5, 5.41) is 0. The Morgan fingerprint density at radius 1 is 0.288 bits per heavy atom. The molecule has 0 saturated heterocycles. The minimum Gasteiger partial charge on any atom is -0.310 e. The molecular formula is C58H43N. The lowest BCUT2D eigenvalue weighted by Gasteiger charge is -2.35. The molecule has 2 aliphatic rings. The lowest BCUT2D eigenvalue weighted by atomic mass is 9.67. The van der Waals surface area contributed by atoms with E-state index in [1.807, 2.05) is 0 Å². The summed E-state index contributed by atoms with van der Waals surface area (Å²) in [6, 6.07) is 83.1. The molecule has 0 fully saturated rings. The molecule has 0 spiro atoms. The van der Waals surface area contributed by atoms with Gasteiger partial charge in [-0.25, -0.2) is 0 Å². The molecule has 280 valence electrons. The van der Waals surface area contributed by atoms with Crippen LogP contribution < -0.4 is 4.90 Å². The first kappa shape index (κ1) is 35.0. The molecule has 59 heavy (non-hydrogen) atoms. The van der Waals surface area contributed by atoms with Gasteiger partial charge in [0.1, 0.15) is 0 Å². The zero-order valence-electron chi connectivity index (χ0n) is 33.3. The van der Waals surface area contributed by atoms with Crippen LogP contribution in [0.1, 0.15) is 47.2 Å². The molecule has 0 atom stereocenters. The van der Waals surface area contributed by atoms with E-state index in [-0.39, 0.29) is 5.41 Å². The quantitative estimate of drug-likeness (QED) is 0.157. The molecule has 9 aromatic carbocycles. The van der Waals surface area contributed by atoms with E-state index in [0.717, 1.165) is 17.1 Å². The predicted molar refractivity (Wildman–Crippen MR) is 247 cm³/mol. The number of nitrogens with zero attached hydrogens (tertiary/aromatic N) is 1.